The first-order valence-electron chi connectivity index (χ1n) is 6.48. The monoisotopic (exact) mass is 378 g/mol. The Hall–Kier alpha value is -2.67. The van der Waals surface area contributed by atoms with Gasteiger partial charge in [-0.2, -0.15) is 0 Å². The molecule has 6 nitrogen and oxygen atoms in total. The molecule has 3 aromatic rings. The van der Waals surface area contributed by atoms with E-state index in [-0.39, 0.29) is 21.2 Å². The fraction of sp³-hybridized carbons (Fsp3) is 0.0625. The average molecular weight is 379 g/mol. The zero-order valence-corrected chi connectivity index (χ0v) is 13.4. The van der Waals surface area contributed by atoms with Crippen molar-refractivity contribution in [2.24, 2.45) is 0 Å². The quantitative estimate of drug-likeness (QED) is 0.591. The van der Waals surface area contributed by atoms with Crippen LogP contribution in [0.4, 0.5) is 0 Å². The molecule has 1 aromatic heterocycles. The van der Waals surface area contributed by atoms with Crippen LogP contribution in [-0.4, -0.2) is 22.4 Å². The molecule has 0 fully saturated rings. The van der Waals surface area contributed by atoms with Crippen molar-refractivity contribution in [3.63, 3.8) is 0 Å². The number of hydrogen-bond donors (Lipinski definition) is 3. The Kier molecular flexibility index (Phi) is 3.65. The number of benzene rings is 2. The molecule has 0 bridgehead atoms. The van der Waals surface area contributed by atoms with Gasteiger partial charge >= 0.3 is 0 Å². The van der Waals surface area contributed by atoms with E-state index in [1.807, 2.05) is 0 Å². The van der Waals surface area contributed by atoms with E-state index in [1.54, 1.807) is 31.4 Å². The molecule has 0 saturated carbocycles. The van der Waals surface area contributed by atoms with Crippen molar-refractivity contribution in [2.45, 2.75) is 0 Å². The second-order valence-electron chi connectivity index (χ2n) is 4.77. The Bertz CT molecular complexity index is 959. The van der Waals surface area contributed by atoms with Crippen molar-refractivity contribution in [3.8, 4) is 34.3 Å². The number of aromatic hydroxyl groups is 3. The minimum Gasteiger partial charge on any atom is -0.504 e. The van der Waals surface area contributed by atoms with E-state index in [4.69, 9.17) is 9.15 Å². The van der Waals surface area contributed by atoms with Crippen molar-refractivity contribution in [3.05, 3.63) is 45.0 Å². The maximum absolute atomic E-state index is 12.3. The predicted octanol–water partition coefficient (Wildman–Crippen LogP) is 3.35. The van der Waals surface area contributed by atoms with Crippen molar-refractivity contribution in [1.29, 1.82) is 0 Å². The topological polar surface area (TPSA) is 100 Å². The van der Waals surface area contributed by atoms with Crippen LogP contribution in [0.25, 0.3) is 22.3 Å². The lowest BCUT2D eigenvalue weighted by Gasteiger charge is -2.09. The van der Waals surface area contributed by atoms with Gasteiger partial charge in [0.2, 0.25) is 5.75 Å². The van der Waals surface area contributed by atoms with E-state index < -0.39 is 22.7 Å². The van der Waals surface area contributed by atoms with Crippen LogP contribution < -0.4 is 10.2 Å². The van der Waals surface area contributed by atoms with E-state index in [0.29, 0.717) is 11.3 Å². The number of fused-ring (bicyclic) bond motifs is 1. The van der Waals surface area contributed by atoms with Gasteiger partial charge in [-0.25, -0.2) is 0 Å². The number of methoxy groups -OCH3 is 1. The summed E-state index contributed by atoms with van der Waals surface area (Å²) >= 11 is 3.06. The predicted molar refractivity (Wildman–Crippen MR) is 87.2 cm³/mol. The summed E-state index contributed by atoms with van der Waals surface area (Å²) in [6.07, 6.45) is 0. The Morgan fingerprint density at radius 2 is 1.70 bits per heavy atom. The van der Waals surface area contributed by atoms with Crippen LogP contribution in [0.15, 0.2) is 44.0 Å². The van der Waals surface area contributed by atoms with Crippen LogP contribution in [0.2, 0.25) is 0 Å². The highest BCUT2D eigenvalue weighted by atomic mass is 79.9. The van der Waals surface area contributed by atoms with Crippen LogP contribution in [0.1, 0.15) is 0 Å². The highest BCUT2D eigenvalue weighted by Crippen LogP contribution is 2.46. The third-order valence-corrected chi connectivity index (χ3v) is 4.15. The van der Waals surface area contributed by atoms with E-state index in [1.165, 1.54) is 6.07 Å². The Balaban J connectivity index is 2.31. The molecule has 3 rings (SSSR count). The molecule has 1 heterocycles. The Morgan fingerprint density at radius 1 is 1.04 bits per heavy atom. The third-order valence-electron chi connectivity index (χ3n) is 3.41. The van der Waals surface area contributed by atoms with Gasteiger partial charge in [-0.1, -0.05) is 0 Å². The zero-order chi connectivity index (χ0) is 16.7. The molecule has 3 N–H and O–H groups in total. The summed E-state index contributed by atoms with van der Waals surface area (Å²) in [4.78, 5) is 12.3. The fourth-order valence-electron chi connectivity index (χ4n) is 2.21. The molecule has 0 aliphatic carbocycles. The molecule has 0 atom stereocenters. The second-order valence-corrected chi connectivity index (χ2v) is 5.56. The molecule has 2 aromatic carbocycles. The maximum Gasteiger partial charge on any atom is 0.202 e. The second kappa shape index (κ2) is 5.51. The van der Waals surface area contributed by atoms with Crippen LogP contribution >= 0.6 is 15.9 Å². The fourth-order valence-corrected chi connectivity index (χ4v) is 2.68. The first-order valence-corrected chi connectivity index (χ1v) is 7.28. The molecule has 0 amide bonds. The normalized spacial score (nSPS) is 10.9. The largest absolute Gasteiger partial charge is 0.504 e. The SMILES string of the molecule is COc1ccc(-c2cc(=O)c3c(O)c(O)c(O)c(Br)c3o2)cc1. The molecule has 7 heteroatoms. The zero-order valence-electron chi connectivity index (χ0n) is 11.8. The summed E-state index contributed by atoms with van der Waals surface area (Å²) < 4.78 is 10.7. The van der Waals surface area contributed by atoms with Gasteiger partial charge in [-0.15, -0.1) is 0 Å². The van der Waals surface area contributed by atoms with Crippen molar-refractivity contribution in [2.75, 3.05) is 7.11 Å². The molecular weight excluding hydrogens is 368 g/mol. The van der Waals surface area contributed by atoms with E-state index in [0.717, 1.165) is 0 Å². The van der Waals surface area contributed by atoms with Crippen LogP contribution in [0, 0.1) is 0 Å². The lowest BCUT2D eigenvalue weighted by atomic mass is 10.1. The highest BCUT2D eigenvalue weighted by Gasteiger charge is 2.22. The number of phenols is 3. The van der Waals surface area contributed by atoms with Gasteiger partial charge in [0.1, 0.15) is 21.4 Å². The summed E-state index contributed by atoms with van der Waals surface area (Å²) in [5.74, 6) is -1.22. The standard InChI is InChI=1S/C16H11BrO6/c1-22-8-4-2-7(3-5-8)10-6-9(18)11-13(19)15(21)14(20)12(17)16(11)23-10/h2-6,19-21H,1H3. The van der Waals surface area contributed by atoms with E-state index in [2.05, 4.69) is 15.9 Å². The summed E-state index contributed by atoms with van der Waals surface area (Å²) in [6, 6.07) is 8.03. The molecule has 118 valence electrons. The Labute approximate surface area is 138 Å². The van der Waals surface area contributed by atoms with Gasteiger partial charge in [-0.3, -0.25) is 4.79 Å². The van der Waals surface area contributed by atoms with Crippen molar-refractivity contribution in [1.82, 2.24) is 0 Å². The third kappa shape index (κ3) is 2.39. The molecule has 0 unspecified atom stereocenters. The highest BCUT2D eigenvalue weighted by molar-refractivity contribution is 9.10. The molecule has 0 radical (unpaired) electrons. The summed E-state index contributed by atoms with van der Waals surface area (Å²) in [5, 5.41) is 29.0. The molecular formula is C16H11BrO6. The molecule has 0 saturated heterocycles. The first-order chi connectivity index (χ1) is 10.9. The van der Waals surface area contributed by atoms with E-state index >= 15 is 0 Å². The summed E-state index contributed by atoms with van der Waals surface area (Å²) in [5.41, 5.74) is 0.00504. The molecule has 23 heavy (non-hydrogen) atoms. The van der Waals surface area contributed by atoms with Gasteiger partial charge in [-0.05, 0) is 40.2 Å². The van der Waals surface area contributed by atoms with Gasteiger partial charge in [0.15, 0.2) is 22.5 Å². The number of halogens is 1. The van der Waals surface area contributed by atoms with Gasteiger partial charge < -0.3 is 24.5 Å². The number of rotatable bonds is 2. The lowest BCUT2D eigenvalue weighted by Crippen LogP contribution is -2.01. The van der Waals surface area contributed by atoms with E-state index in [9.17, 15) is 20.1 Å². The summed E-state index contributed by atoms with van der Waals surface area (Å²) in [6.45, 7) is 0. The molecule has 0 spiro atoms. The maximum atomic E-state index is 12.3. The van der Waals surface area contributed by atoms with Crippen LogP contribution in [0.3, 0.4) is 0 Å². The molecule has 0 aliphatic rings. The summed E-state index contributed by atoms with van der Waals surface area (Å²) in [7, 11) is 1.54. The van der Waals surface area contributed by atoms with Crippen molar-refractivity contribution < 1.29 is 24.5 Å². The minimum atomic E-state index is -0.783. The van der Waals surface area contributed by atoms with Gasteiger partial charge in [0, 0.05) is 11.6 Å². The number of phenolic OH excluding ortho intramolecular Hbond substituents is 3. The average Bonchev–Trinajstić information content (AvgIpc) is 2.57. The minimum absolute atomic E-state index is 0.0183. The number of ether oxygens (including phenoxy) is 1. The van der Waals surface area contributed by atoms with Crippen LogP contribution in [-0.2, 0) is 0 Å². The first kappa shape index (κ1) is 15.2. The number of hydrogen-bond acceptors (Lipinski definition) is 6. The van der Waals surface area contributed by atoms with Crippen LogP contribution in [0.5, 0.6) is 23.0 Å². The smallest absolute Gasteiger partial charge is 0.202 e. The van der Waals surface area contributed by atoms with Gasteiger partial charge in [0.25, 0.3) is 0 Å². The lowest BCUT2D eigenvalue weighted by molar-refractivity contribution is 0.368. The molecule has 0 aliphatic heterocycles. The van der Waals surface area contributed by atoms with Gasteiger partial charge in [0.05, 0.1) is 7.11 Å². The Morgan fingerprint density at radius 3 is 2.30 bits per heavy atom. The van der Waals surface area contributed by atoms with Crippen molar-refractivity contribution >= 4 is 26.9 Å².